The van der Waals surface area contributed by atoms with Crippen molar-refractivity contribution in [3.63, 3.8) is 0 Å². The molecule has 2 heteroatoms. The molecule has 86 valence electrons. The minimum absolute atomic E-state index is 0.448. The van der Waals surface area contributed by atoms with Crippen molar-refractivity contribution >= 4 is 5.69 Å². The molecule has 1 atom stereocenters. The summed E-state index contributed by atoms with van der Waals surface area (Å²) in [6, 6.07) is 12.3. The predicted molar refractivity (Wildman–Crippen MR) is 68.2 cm³/mol. The van der Waals surface area contributed by atoms with E-state index in [0.717, 1.165) is 18.5 Å². The minimum atomic E-state index is -0.448. The number of nitrogens with zero attached hydrogens (tertiary/aromatic N) is 1. The molecule has 0 saturated heterocycles. The van der Waals surface area contributed by atoms with Gasteiger partial charge in [0.1, 0.15) is 5.54 Å². The molecule has 0 aliphatic heterocycles. The van der Waals surface area contributed by atoms with Crippen molar-refractivity contribution in [2.75, 3.05) is 5.32 Å². The summed E-state index contributed by atoms with van der Waals surface area (Å²) in [5.74, 6) is 0. The van der Waals surface area contributed by atoms with Crippen LogP contribution in [0.5, 0.6) is 0 Å². The van der Waals surface area contributed by atoms with Crippen molar-refractivity contribution in [2.45, 2.75) is 45.1 Å². The van der Waals surface area contributed by atoms with E-state index in [0.29, 0.717) is 0 Å². The number of unbranched alkanes of at least 4 members (excludes halogenated alkanes) is 2. The molecule has 1 rings (SSSR count). The highest BCUT2D eigenvalue weighted by Gasteiger charge is 2.22. The highest BCUT2D eigenvalue weighted by Crippen LogP contribution is 2.20. The van der Waals surface area contributed by atoms with Crippen LogP contribution < -0.4 is 5.32 Å². The summed E-state index contributed by atoms with van der Waals surface area (Å²) in [5.41, 5.74) is 0.569. The van der Waals surface area contributed by atoms with Crippen molar-refractivity contribution in [1.29, 1.82) is 5.26 Å². The van der Waals surface area contributed by atoms with Crippen molar-refractivity contribution in [3.05, 3.63) is 30.3 Å². The maximum atomic E-state index is 9.23. The van der Waals surface area contributed by atoms with Crippen molar-refractivity contribution in [3.8, 4) is 6.07 Å². The van der Waals surface area contributed by atoms with E-state index in [1.54, 1.807) is 0 Å². The van der Waals surface area contributed by atoms with Gasteiger partial charge in [-0.15, -0.1) is 0 Å². The first-order chi connectivity index (χ1) is 7.70. The van der Waals surface area contributed by atoms with Crippen LogP contribution in [-0.4, -0.2) is 5.54 Å². The molecule has 2 nitrogen and oxygen atoms in total. The largest absolute Gasteiger partial charge is 0.368 e. The molecule has 0 aliphatic rings. The molecule has 16 heavy (non-hydrogen) atoms. The van der Waals surface area contributed by atoms with E-state index in [4.69, 9.17) is 0 Å². The van der Waals surface area contributed by atoms with Gasteiger partial charge in [-0.1, -0.05) is 44.4 Å². The van der Waals surface area contributed by atoms with Crippen molar-refractivity contribution in [1.82, 2.24) is 0 Å². The normalized spacial score (nSPS) is 13.8. The summed E-state index contributed by atoms with van der Waals surface area (Å²) in [4.78, 5) is 0. The lowest BCUT2D eigenvalue weighted by Gasteiger charge is -2.24. The van der Waals surface area contributed by atoms with Gasteiger partial charge in [-0.05, 0) is 25.5 Å². The third-order valence-corrected chi connectivity index (χ3v) is 2.72. The molecule has 1 unspecified atom stereocenters. The van der Waals surface area contributed by atoms with Gasteiger partial charge >= 0.3 is 0 Å². The molecule has 0 heterocycles. The molecule has 1 aromatic rings. The summed E-state index contributed by atoms with van der Waals surface area (Å²) in [5, 5.41) is 12.5. The fourth-order valence-corrected chi connectivity index (χ4v) is 1.71. The summed E-state index contributed by atoms with van der Waals surface area (Å²) in [6.45, 7) is 4.14. The number of para-hydroxylation sites is 1. The van der Waals surface area contributed by atoms with E-state index in [1.807, 2.05) is 37.3 Å². The van der Waals surface area contributed by atoms with Crippen LogP contribution in [0, 0.1) is 11.3 Å². The molecule has 0 fully saturated rings. The van der Waals surface area contributed by atoms with Crippen LogP contribution in [0.1, 0.15) is 39.5 Å². The molecular weight excluding hydrogens is 196 g/mol. The summed E-state index contributed by atoms with van der Waals surface area (Å²) in [6.07, 6.45) is 4.37. The predicted octanol–water partition coefficient (Wildman–Crippen LogP) is 3.96. The Balaban J connectivity index is 2.57. The molecule has 0 spiro atoms. The number of benzene rings is 1. The standard InChI is InChI=1S/C14H20N2/c1-3-4-8-11-14(2,12-15)16-13-9-6-5-7-10-13/h5-7,9-10,16H,3-4,8,11H2,1-2H3. The first kappa shape index (κ1) is 12.6. The Morgan fingerprint density at radius 2 is 1.94 bits per heavy atom. The lowest BCUT2D eigenvalue weighted by Crippen LogP contribution is -2.32. The second-order valence-corrected chi connectivity index (χ2v) is 4.39. The van der Waals surface area contributed by atoms with Gasteiger partial charge in [0.05, 0.1) is 6.07 Å². The Morgan fingerprint density at radius 3 is 2.50 bits per heavy atom. The number of anilines is 1. The molecule has 0 aliphatic carbocycles. The minimum Gasteiger partial charge on any atom is -0.368 e. The second kappa shape index (κ2) is 6.17. The average molecular weight is 216 g/mol. The monoisotopic (exact) mass is 216 g/mol. The average Bonchev–Trinajstić information content (AvgIpc) is 2.31. The molecule has 0 aromatic heterocycles. The lowest BCUT2D eigenvalue weighted by molar-refractivity contribution is 0.538. The first-order valence-corrected chi connectivity index (χ1v) is 5.94. The second-order valence-electron chi connectivity index (χ2n) is 4.39. The molecule has 1 aromatic carbocycles. The molecule has 1 N–H and O–H groups in total. The Kier molecular flexibility index (Phi) is 4.85. The van der Waals surface area contributed by atoms with Gasteiger partial charge in [-0.3, -0.25) is 0 Å². The molecule has 0 amide bonds. The number of hydrogen-bond donors (Lipinski definition) is 1. The smallest absolute Gasteiger partial charge is 0.122 e. The van der Waals surface area contributed by atoms with Crippen LogP contribution in [0.25, 0.3) is 0 Å². The Hall–Kier alpha value is -1.49. The van der Waals surface area contributed by atoms with Gasteiger partial charge in [0, 0.05) is 5.69 Å². The van der Waals surface area contributed by atoms with Crippen molar-refractivity contribution in [2.24, 2.45) is 0 Å². The number of rotatable bonds is 6. The van der Waals surface area contributed by atoms with E-state index in [9.17, 15) is 5.26 Å². The fraction of sp³-hybridized carbons (Fsp3) is 0.500. The quantitative estimate of drug-likeness (QED) is 0.730. The highest BCUT2D eigenvalue weighted by atomic mass is 15.0. The lowest BCUT2D eigenvalue weighted by atomic mass is 9.95. The number of hydrogen-bond acceptors (Lipinski definition) is 2. The van der Waals surface area contributed by atoms with Crippen LogP contribution in [0.15, 0.2) is 30.3 Å². The van der Waals surface area contributed by atoms with Gasteiger partial charge in [-0.25, -0.2) is 0 Å². The molecule has 0 bridgehead atoms. The van der Waals surface area contributed by atoms with Crippen LogP contribution in [-0.2, 0) is 0 Å². The summed E-state index contributed by atoms with van der Waals surface area (Å²) >= 11 is 0. The summed E-state index contributed by atoms with van der Waals surface area (Å²) < 4.78 is 0. The van der Waals surface area contributed by atoms with E-state index in [-0.39, 0.29) is 0 Å². The fourth-order valence-electron chi connectivity index (χ4n) is 1.71. The first-order valence-electron chi connectivity index (χ1n) is 5.94. The van der Waals surface area contributed by atoms with E-state index in [1.165, 1.54) is 12.8 Å². The maximum Gasteiger partial charge on any atom is 0.122 e. The van der Waals surface area contributed by atoms with Crippen LogP contribution in [0.3, 0.4) is 0 Å². The molecule has 0 saturated carbocycles. The zero-order valence-electron chi connectivity index (χ0n) is 10.2. The van der Waals surface area contributed by atoms with E-state index in [2.05, 4.69) is 18.3 Å². The van der Waals surface area contributed by atoms with Gasteiger partial charge < -0.3 is 5.32 Å². The van der Waals surface area contributed by atoms with Gasteiger partial charge in [0.15, 0.2) is 0 Å². The van der Waals surface area contributed by atoms with Crippen LogP contribution in [0.4, 0.5) is 5.69 Å². The number of nitriles is 1. The van der Waals surface area contributed by atoms with E-state index >= 15 is 0 Å². The Bertz CT molecular complexity index is 340. The molecule has 0 radical (unpaired) electrons. The third-order valence-electron chi connectivity index (χ3n) is 2.72. The van der Waals surface area contributed by atoms with Gasteiger partial charge in [0.2, 0.25) is 0 Å². The van der Waals surface area contributed by atoms with Crippen LogP contribution in [0.2, 0.25) is 0 Å². The number of nitrogens with one attached hydrogen (secondary N) is 1. The zero-order chi connectivity index (χ0) is 11.9. The SMILES string of the molecule is CCCCCC(C)(C#N)Nc1ccccc1. The zero-order valence-corrected chi connectivity index (χ0v) is 10.2. The Labute approximate surface area is 98.3 Å². The maximum absolute atomic E-state index is 9.23. The topological polar surface area (TPSA) is 35.8 Å². The van der Waals surface area contributed by atoms with Crippen LogP contribution >= 0.6 is 0 Å². The van der Waals surface area contributed by atoms with E-state index < -0.39 is 5.54 Å². The summed E-state index contributed by atoms with van der Waals surface area (Å²) in [7, 11) is 0. The Morgan fingerprint density at radius 1 is 1.25 bits per heavy atom. The molecular formula is C14H20N2. The van der Waals surface area contributed by atoms with Gasteiger partial charge in [-0.2, -0.15) is 5.26 Å². The third kappa shape index (κ3) is 3.94. The highest BCUT2D eigenvalue weighted by molar-refractivity contribution is 5.46. The van der Waals surface area contributed by atoms with Gasteiger partial charge in [0.25, 0.3) is 0 Å². The van der Waals surface area contributed by atoms with Crippen molar-refractivity contribution < 1.29 is 0 Å².